The van der Waals surface area contributed by atoms with E-state index < -0.39 is 4.92 Å². The van der Waals surface area contributed by atoms with Crippen molar-refractivity contribution in [1.29, 1.82) is 0 Å². The molecule has 0 atom stereocenters. The maximum Gasteiger partial charge on any atom is 0.329 e. The summed E-state index contributed by atoms with van der Waals surface area (Å²) in [5, 5.41) is 13.7. The van der Waals surface area contributed by atoms with Crippen molar-refractivity contribution in [3.63, 3.8) is 0 Å². The standard InChI is InChI=1S/C11H17ClN4O2S/c1-19-7-5-3-2-4-6-13-10-9(16(17)18)8-14-11(12)15-10/h8H,2-7H2,1H3,(H,13,14,15). The van der Waals surface area contributed by atoms with Crippen LogP contribution < -0.4 is 5.32 Å². The van der Waals surface area contributed by atoms with Crippen molar-refractivity contribution in [3.8, 4) is 0 Å². The molecular formula is C11H17ClN4O2S. The van der Waals surface area contributed by atoms with Gasteiger partial charge in [0.2, 0.25) is 11.1 Å². The van der Waals surface area contributed by atoms with E-state index in [0.29, 0.717) is 6.54 Å². The van der Waals surface area contributed by atoms with E-state index in [1.807, 2.05) is 11.8 Å². The summed E-state index contributed by atoms with van der Waals surface area (Å²) in [7, 11) is 0. The lowest BCUT2D eigenvalue weighted by Crippen LogP contribution is -2.07. The van der Waals surface area contributed by atoms with Crippen LogP contribution in [0.25, 0.3) is 0 Å². The zero-order valence-corrected chi connectivity index (χ0v) is 12.3. The van der Waals surface area contributed by atoms with Gasteiger partial charge in [0.05, 0.1) is 4.92 Å². The van der Waals surface area contributed by atoms with Gasteiger partial charge in [-0.3, -0.25) is 10.1 Å². The molecule has 19 heavy (non-hydrogen) atoms. The molecule has 0 unspecified atom stereocenters. The van der Waals surface area contributed by atoms with E-state index >= 15 is 0 Å². The maximum atomic E-state index is 10.8. The van der Waals surface area contributed by atoms with Crippen molar-refractivity contribution in [2.24, 2.45) is 0 Å². The van der Waals surface area contributed by atoms with Gasteiger partial charge in [0.1, 0.15) is 6.20 Å². The summed E-state index contributed by atoms with van der Waals surface area (Å²) in [6.07, 6.45) is 7.65. The summed E-state index contributed by atoms with van der Waals surface area (Å²) < 4.78 is 0. The number of rotatable bonds is 9. The number of hydrogen-bond donors (Lipinski definition) is 1. The third kappa shape index (κ3) is 6.07. The Labute approximate surface area is 121 Å². The molecule has 1 N–H and O–H groups in total. The molecule has 0 aliphatic carbocycles. The van der Waals surface area contributed by atoms with Gasteiger partial charge in [-0.2, -0.15) is 16.7 Å². The predicted octanol–water partition coefficient (Wildman–Crippen LogP) is 3.37. The number of unbranched alkanes of at least 4 members (excludes halogenated alkanes) is 3. The van der Waals surface area contributed by atoms with E-state index in [1.165, 1.54) is 18.6 Å². The van der Waals surface area contributed by atoms with Gasteiger partial charge in [-0.1, -0.05) is 12.8 Å². The highest BCUT2D eigenvalue weighted by atomic mass is 35.5. The van der Waals surface area contributed by atoms with Gasteiger partial charge >= 0.3 is 5.69 Å². The molecule has 1 aromatic rings. The molecule has 1 heterocycles. The fraction of sp³-hybridized carbons (Fsp3) is 0.636. The molecule has 1 aromatic heterocycles. The lowest BCUT2D eigenvalue weighted by atomic mass is 10.2. The number of thioether (sulfide) groups is 1. The number of aromatic nitrogens is 2. The van der Waals surface area contributed by atoms with Crippen LogP contribution in [0.3, 0.4) is 0 Å². The highest BCUT2D eigenvalue weighted by Crippen LogP contribution is 2.21. The van der Waals surface area contributed by atoms with Crippen LogP contribution in [0.4, 0.5) is 11.5 Å². The smallest absolute Gasteiger partial charge is 0.329 e. The fourth-order valence-corrected chi connectivity index (χ4v) is 2.18. The average molecular weight is 305 g/mol. The van der Waals surface area contributed by atoms with Gasteiger partial charge in [-0.05, 0) is 36.5 Å². The summed E-state index contributed by atoms with van der Waals surface area (Å²) in [5.74, 6) is 1.37. The highest BCUT2D eigenvalue weighted by Gasteiger charge is 2.16. The Bertz CT molecular complexity index is 420. The largest absolute Gasteiger partial charge is 0.364 e. The van der Waals surface area contributed by atoms with Crippen molar-refractivity contribution in [2.75, 3.05) is 23.9 Å². The molecule has 0 aliphatic heterocycles. The molecule has 6 nitrogen and oxygen atoms in total. The highest BCUT2D eigenvalue weighted by molar-refractivity contribution is 7.98. The second-order valence-corrected chi connectivity index (χ2v) is 5.29. The molecule has 0 saturated heterocycles. The normalized spacial score (nSPS) is 10.4. The molecular weight excluding hydrogens is 288 g/mol. The van der Waals surface area contributed by atoms with Crippen LogP contribution in [0.5, 0.6) is 0 Å². The zero-order valence-electron chi connectivity index (χ0n) is 10.8. The molecule has 0 aliphatic rings. The molecule has 8 heteroatoms. The Morgan fingerprint density at radius 3 is 2.84 bits per heavy atom. The molecule has 106 valence electrons. The van der Waals surface area contributed by atoms with Crippen molar-refractivity contribution in [1.82, 2.24) is 9.97 Å². The molecule has 0 saturated carbocycles. The van der Waals surface area contributed by atoms with Crippen LogP contribution in [0.15, 0.2) is 6.20 Å². The van der Waals surface area contributed by atoms with Crippen LogP contribution >= 0.6 is 23.4 Å². The summed E-state index contributed by atoms with van der Waals surface area (Å²) in [4.78, 5) is 17.7. The van der Waals surface area contributed by atoms with Gasteiger partial charge in [0.15, 0.2) is 0 Å². The first-order valence-electron chi connectivity index (χ1n) is 6.05. The lowest BCUT2D eigenvalue weighted by molar-refractivity contribution is -0.384. The number of nitrogens with zero attached hydrogens (tertiary/aromatic N) is 3. The third-order valence-electron chi connectivity index (χ3n) is 2.50. The van der Waals surface area contributed by atoms with E-state index in [0.717, 1.165) is 19.0 Å². The number of nitro groups is 1. The summed E-state index contributed by atoms with van der Waals surface area (Å²) >= 11 is 7.48. The van der Waals surface area contributed by atoms with Crippen molar-refractivity contribution < 1.29 is 4.92 Å². The quantitative estimate of drug-likeness (QED) is 0.326. The fourth-order valence-electron chi connectivity index (χ4n) is 1.55. The Hall–Kier alpha value is -1.08. The summed E-state index contributed by atoms with van der Waals surface area (Å²) in [5.41, 5.74) is -0.146. The van der Waals surface area contributed by atoms with E-state index in [2.05, 4.69) is 21.5 Å². The molecule has 0 radical (unpaired) electrons. The molecule has 0 fully saturated rings. The van der Waals surface area contributed by atoms with Gasteiger partial charge in [-0.15, -0.1) is 0 Å². The maximum absolute atomic E-state index is 10.8. The van der Waals surface area contributed by atoms with Crippen LogP contribution in [0, 0.1) is 10.1 Å². The topological polar surface area (TPSA) is 81.0 Å². The van der Waals surface area contributed by atoms with Gasteiger partial charge in [0, 0.05) is 6.54 Å². The molecule has 0 spiro atoms. The predicted molar refractivity (Wildman–Crippen MR) is 79.0 cm³/mol. The van der Waals surface area contributed by atoms with Gasteiger partial charge in [-0.25, -0.2) is 4.98 Å². The van der Waals surface area contributed by atoms with Gasteiger partial charge in [0.25, 0.3) is 0 Å². The number of halogens is 1. The average Bonchev–Trinajstić information content (AvgIpc) is 2.37. The van der Waals surface area contributed by atoms with Crippen LogP contribution in [0.1, 0.15) is 25.7 Å². The summed E-state index contributed by atoms with van der Waals surface area (Å²) in [6, 6.07) is 0. The Balaban J connectivity index is 2.36. The second kappa shape index (κ2) is 8.92. The summed E-state index contributed by atoms with van der Waals surface area (Å²) in [6.45, 7) is 0.646. The molecule has 0 amide bonds. The van der Waals surface area contributed by atoms with E-state index in [1.54, 1.807) is 0 Å². The monoisotopic (exact) mass is 304 g/mol. The molecule has 0 aromatic carbocycles. The molecule has 1 rings (SSSR count). The third-order valence-corrected chi connectivity index (χ3v) is 3.38. The van der Waals surface area contributed by atoms with E-state index in [9.17, 15) is 10.1 Å². The number of nitrogens with one attached hydrogen (secondary N) is 1. The minimum atomic E-state index is -0.517. The van der Waals surface area contributed by atoms with Crippen LogP contribution in [-0.4, -0.2) is 33.4 Å². The van der Waals surface area contributed by atoms with E-state index in [-0.39, 0.29) is 16.8 Å². The lowest BCUT2D eigenvalue weighted by Gasteiger charge is -2.05. The second-order valence-electron chi connectivity index (χ2n) is 3.96. The first-order chi connectivity index (χ1) is 9.15. The van der Waals surface area contributed by atoms with Crippen molar-refractivity contribution in [2.45, 2.75) is 25.7 Å². The first kappa shape index (κ1) is 16.0. The van der Waals surface area contributed by atoms with E-state index in [4.69, 9.17) is 11.6 Å². The Morgan fingerprint density at radius 1 is 1.42 bits per heavy atom. The zero-order chi connectivity index (χ0) is 14.1. The Morgan fingerprint density at radius 2 is 2.16 bits per heavy atom. The molecule has 0 bridgehead atoms. The van der Waals surface area contributed by atoms with Crippen molar-refractivity contribution >= 4 is 34.9 Å². The van der Waals surface area contributed by atoms with Gasteiger partial charge < -0.3 is 5.32 Å². The SMILES string of the molecule is CSCCCCCCNc1nc(Cl)ncc1[N+](=O)[O-]. The minimum Gasteiger partial charge on any atom is -0.364 e. The van der Waals surface area contributed by atoms with Crippen molar-refractivity contribution in [3.05, 3.63) is 21.6 Å². The Kier molecular flexibility index (Phi) is 7.50. The van der Waals surface area contributed by atoms with Crippen LogP contribution in [-0.2, 0) is 0 Å². The van der Waals surface area contributed by atoms with Crippen LogP contribution in [0.2, 0.25) is 5.28 Å². The number of anilines is 1. The minimum absolute atomic E-state index is 0.00747. The first-order valence-corrected chi connectivity index (χ1v) is 7.82. The number of hydrogen-bond acceptors (Lipinski definition) is 6.